The first kappa shape index (κ1) is 11.7. The molecule has 0 spiro atoms. The molecule has 0 aliphatic rings. The van der Waals surface area contributed by atoms with Crippen molar-refractivity contribution in [3.8, 4) is 0 Å². The number of nitrogens with one attached hydrogen (secondary N) is 1. The topological polar surface area (TPSA) is 28.7 Å². The molecule has 0 saturated carbocycles. The molecule has 2 aromatic rings. The average Bonchev–Trinajstić information content (AvgIpc) is 2.66. The van der Waals surface area contributed by atoms with E-state index in [1.54, 1.807) is 6.07 Å². The molecule has 0 amide bonds. The normalized spacial score (nSPS) is 10.3. The molecule has 1 aromatic heterocycles. The van der Waals surface area contributed by atoms with E-state index < -0.39 is 0 Å². The van der Waals surface area contributed by atoms with E-state index in [4.69, 9.17) is 0 Å². The first-order chi connectivity index (χ1) is 7.20. The molecule has 0 aliphatic carbocycles. The number of rotatable bonds is 1. The van der Waals surface area contributed by atoms with Gasteiger partial charge in [0.2, 0.25) is 0 Å². The molecule has 0 fully saturated rings. The minimum atomic E-state index is -0.263. The quantitative estimate of drug-likeness (QED) is 0.757. The number of para-hydroxylation sites is 1. The molecular formula is C12H17FN2. The number of hydrogen-bond donors (Lipinski definition) is 1. The van der Waals surface area contributed by atoms with Crippen molar-refractivity contribution in [2.24, 2.45) is 0 Å². The lowest BCUT2D eigenvalue weighted by Crippen LogP contribution is -1.87. The Balaban J connectivity index is 0.000000531. The van der Waals surface area contributed by atoms with Crippen molar-refractivity contribution in [3.63, 3.8) is 0 Å². The maximum atomic E-state index is 13.2. The molecule has 0 atom stereocenters. The van der Waals surface area contributed by atoms with Crippen LogP contribution in [0.4, 0.5) is 4.39 Å². The van der Waals surface area contributed by atoms with Crippen molar-refractivity contribution in [1.82, 2.24) is 10.2 Å². The number of fused-ring (bicyclic) bond motifs is 1. The van der Waals surface area contributed by atoms with Gasteiger partial charge in [0.15, 0.2) is 5.82 Å². The van der Waals surface area contributed by atoms with Gasteiger partial charge in [-0.2, -0.15) is 5.10 Å². The Morgan fingerprint density at radius 1 is 1.27 bits per heavy atom. The third-order valence-electron chi connectivity index (χ3n) is 2.14. The van der Waals surface area contributed by atoms with Gasteiger partial charge in [0.1, 0.15) is 5.52 Å². The summed E-state index contributed by atoms with van der Waals surface area (Å²) in [6.45, 7) is 8.11. The van der Waals surface area contributed by atoms with Crippen molar-refractivity contribution in [2.75, 3.05) is 0 Å². The van der Waals surface area contributed by atoms with Gasteiger partial charge in [0.25, 0.3) is 0 Å². The molecule has 15 heavy (non-hydrogen) atoms. The predicted molar refractivity (Wildman–Crippen MR) is 61.5 cm³/mol. The Hall–Kier alpha value is -1.38. The van der Waals surface area contributed by atoms with Crippen LogP contribution >= 0.6 is 0 Å². The molecule has 1 aromatic carbocycles. The second-order valence-electron chi connectivity index (χ2n) is 3.43. The van der Waals surface area contributed by atoms with Gasteiger partial charge in [-0.25, -0.2) is 4.39 Å². The van der Waals surface area contributed by atoms with E-state index in [0.717, 1.165) is 11.1 Å². The maximum Gasteiger partial charge on any atom is 0.151 e. The fourth-order valence-corrected chi connectivity index (χ4v) is 1.46. The molecule has 0 saturated heterocycles. The zero-order valence-electron chi connectivity index (χ0n) is 9.63. The van der Waals surface area contributed by atoms with E-state index in [-0.39, 0.29) is 5.82 Å². The smallest absolute Gasteiger partial charge is 0.151 e. The van der Waals surface area contributed by atoms with E-state index in [9.17, 15) is 4.39 Å². The van der Waals surface area contributed by atoms with Crippen molar-refractivity contribution >= 4 is 10.9 Å². The monoisotopic (exact) mass is 208 g/mol. The van der Waals surface area contributed by atoms with Crippen LogP contribution in [0, 0.1) is 5.82 Å². The summed E-state index contributed by atoms with van der Waals surface area (Å²) in [6, 6.07) is 5.02. The minimum absolute atomic E-state index is 0.263. The summed E-state index contributed by atoms with van der Waals surface area (Å²) >= 11 is 0. The van der Waals surface area contributed by atoms with Gasteiger partial charge < -0.3 is 0 Å². The van der Waals surface area contributed by atoms with Gasteiger partial charge in [0, 0.05) is 11.1 Å². The van der Waals surface area contributed by atoms with Gasteiger partial charge in [-0.3, -0.25) is 5.10 Å². The lowest BCUT2D eigenvalue weighted by molar-refractivity contribution is 0.636. The number of halogens is 1. The number of hydrogen-bond acceptors (Lipinski definition) is 1. The van der Waals surface area contributed by atoms with Crippen molar-refractivity contribution in [2.45, 2.75) is 33.6 Å². The zero-order valence-corrected chi connectivity index (χ0v) is 9.63. The van der Waals surface area contributed by atoms with Crippen LogP contribution in [0.5, 0.6) is 0 Å². The Kier molecular flexibility index (Phi) is 3.83. The van der Waals surface area contributed by atoms with Crippen LogP contribution in [0.3, 0.4) is 0 Å². The van der Waals surface area contributed by atoms with E-state index >= 15 is 0 Å². The molecule has 0 bridgehead atoms. The lowest BCUT2D eigenvalue weighted by Gasteiger charge is -2.00. The highest BCUT2D eigenvalue weighted by Gasteiger charge is 2.10. The highest BCUT2D eigenvalue weighted by atomic mass is 19.1. The summed E-state index contributed by atoms with van der Waals surface area (Å²) < 4.78 is 13.2. The standard InChI is InChI=1S/C10H11FN2.C2H6/c1-6(2)9-7-4-3-5-8(11)10(7)13-12-9;1-2/h3-6H,1-2H3,(H,12,13);1-2H3. The molecule has 3 heteroatoms. The largest absolute Gasteiger partial charge is 0.281 e. The van der Waals surface area contributed by atoms with Crippen LogP contribution in [-0.4, -0.2) is 10.2 Å². The van der Waals surface area contributed by atoms with Gasteiger partial charge >= 0.3 is 0 Å². The van der Waals surface area contributed by atoms with Crippen molar-refractivity contribution < 1.29 is 4.39 Å². The molecular weight excluding hydrogens is 191 g/mol. The van der Waals surface area contributed by atoms with Crippen molar-refractivity contribution in [3.05, 3.63) is 29.7 Å². The second kappa shape index (κ2) is 4.91. The average molecular weight is 208 g/mol. The molecule has 1 heterocycles. The molecule has 0 aliphatic heterocycles. The van der Waals surface area contributed by atoms with Crippen LogP contribution in [0.15, 0.2) is 18.2 Å². The summed E-state index contributed by atoms with van der Waals surface area (Å²) in [7, 11) is 0. The third-order valence-corrected chi connectivity index (χ3v) is 2.14. The Bertz CT molecular complexity index is 432. The molecule has 1 N–H and O–H groups in total. The number of nitrogens with zero attached hydrogens (tertiary/aromatic N) is 1. The number of H-pyrrole nitrogens is 1. The van der Waals surface area contributed by atoms with Gasteiger partial charge in [0.05, 0.1) is 0 Å². The number of aromatic nitrogens is 2. The predicted octanol–water partition coefficient (Wildman–Crippen LogP) is 3.85. The fourth-order valence-electron chi connectivity index (χ4n) is 1.46. The van der Waals surface area contributed by atoms with Gasteiger partial charge in [-0.05, 0) is 12.0 Å². The molecule has 0 radical (unpaired) electrons. The maximum absolute atomic E-state index is 13.2. The molecule has 2 rings (SSSR count). The molecule has 0 unspecified atom stereocenters. The van der Waals surface area contributed by atoms with Crippen LogP contribution in [0.25, 0.3) is 10.9 Å². The second-order valence-corrected chi connectivity index (χ2v) is 3.43. The number of aromatic amines is 1. The highest BCUT2D eigenvalue weighted by Crippen LogP contribution is 2.23. The van der Waals surface area contributed by atoms with Crippen LogP contribution in [0.2, 0.25) is 0 Å². The fraction of sp³-hybridized carbons (Fsp3) is 0.417. The summed E-state index contributed by atoms with van der Waals surface area (Å²) in [5, 5.41) is 7.69. The lowest BCUT2D eigenvalue weighted by atomic mass is 10.1. The molecule has 82 valence electrons. The van der Waals surface area contributed by atoms with E-state index in [1.807, 2.05) is 19.9 Å². The van der Waals surface area contributed by atoms with E-state index in [1.165, 1.54) is 6.07 Å². The van der Waals surface area contributed by atoms with Crippen LogP contribution in [-0.2, 0) is 0 Å². The summed E-state index contributed by atoms with van der Waals surface area (Å²) in [6.07, 6.45) is 0. The first-order valence-corrected chi connectivity index (χ1v) is 5.32. The molecule has 2 nitrogen and oxygen atoms in total. The first-order valence-electron chi connectivity index (χ1n) is 5.32. The SMILES string of the molecule is CC.CC(C)c1[nH]nc2c(F)cccc12. The van der Waals surface area contributed by atoms with Gasteiger partial charge in [-0.15, -0.1) is 0 Å². The third kappa shape index (κ3) is 2.17. The Labute approximate surface area is 89.5 Å². The zero-order chi connectivity index (χ0) is 11.4. The Morgan fingerprint density at radius 3 is 2.53 bits per heavy atom. The summed E-state index contributed by atoms with van der Waals surface area (Å²) in [5.41, 5.74) is 1.43. The summed E-state index contributed by atoms with van der Waals surface area (Å²) in [4.78, 5) is 0. The van der Waals surface area contributed by atoms with Gasteiger partial charge in [-0.1, -0.05) is 39.8 Å². The highest BCUT2D eigenvalue weighted by molar-refractivity contribution is 5.82. The van der Waals surface area contributed by atoms with Crippen molar-refractivity contribution in [1.29, 1.82) is 0 Å². The van der Waals surface area contributed by atoms with E-state index in [0.29, 0.717) is 11.4 Å². The van der Waals surface area contributed by atoms with E-state index in [2.05, 4.69) is 24.0 Å². The Morgan fingerprint density at radius 2 is 1.93 bits per heavy atom. The minimum Gasteiger partial charge on any atom is -0.281 e. The van der Waals surface area contributed by atoms with Crippen LogP contribution in [0.1, 0.15) is 39.3 Å². The van der Waals surface area contributed by atoms with Crippen LogP contribution < -0.4 is 0 Å². The summed E-state index contributed by atoms with van der Waals surface area (Å²) in [5.74, 6) is 0.0763. The number of benzene rings is 1.